The van der Waals surface area contributed by atoms with Gasteiger partial charge in [0, 0.05) is 0 Å². The van der Waals surface area contributed by atoms with Crippen LogP contribution in [0.1, 0.15) is 13.8 Å². The van der Waals surface area contributed by atoms with Crippen molar-refractivity contribution in [2.75, 3.05) is 13.2 Å². The number of rotatable bonds is 0. The highest BCUT2D eigenvalue weighted by molar-refractivity contribution is 4.72. The smallest absolute Gasteiger partial charge is 0.163 e. The molecule has 0 radical (unpaired) electrons. The standard InChI is InChI=1S/C7H13FO3/c1-7(2)10-3-5(8)6(9)4-11-7/h5-6,9H,3-4H2,1-2H3/t5-,6-/m0/s1. The lowest BCUT2D eigenvalue weighted by Crippen LogP contribution is -2.28. The molecule has 66 valence electrons. The van der Waals surface area contributed by atoms with Gasteiger partial charge in [-0.25, -0.2) is 4.39 Å². The first-order valence-electron chi connectivity index (χ1n) is 3.61. The average molecular weight is 164 g/mol. The van der Waals surface area contributed by atoms with Gasteiger partial charge in [0.25, 0.3) is 0 Å². The number of aliphatic hydroxyl groups excluding tert-OH is 1. The van der Waals surface area contributed by atoms with E-state index in [2.05, 4.69) is 0 Å². The lowest BCUT2D eigenvalue weighted by atomic mass is 10.2. The Morgan fingerprint density at radius 3 is 2.55 bits per heavy atom. The van der Waals surface area contributed by atoms with Crippen molar-refractivity contribution >= 4 is 0 Å². The van der Waals surface area contributed by atoms with E-state index in [-0.39, 0.29) is 13.2 Å². The first-order chi connectivity index (χ1) is 5.01. The lowest BCUT2D eigenvalue weighted by Gasteiger charge is -2.22. The first-order valence-corrected chi connectivity index (χ1v) is 3.61. The second-order valence-electron chi connectivity index (χ2n) is 3.11. The van der Waals surface area contributed by atoms with Gasteiger partial charge in [0.05, 0.1) is 13.2 Å². The molecule has 0 aromatic carbocycles. The molecule has 0 aromatic rings. The topological polar surface area (TPSA) is 38.7 Å². The van der Waals surface area contributed by atoms with Gasteiger partial charge in [0.1, 0.15) is 6.10 Å². The van der Waals surface area contributed by atoms with Gasteiger partial charge in [-0.15, -0.1) is 0 Å². The van der Waals surface area contributed by atoms with Crippen LogP contribution >= 0.6 is 0 Å². The predicted molar refractivity (Wildman–Crippen MR) is 36.9 cm³/mol. The third kappa shape index (κ3) is 2.39. The van der Waals surface area contributed by atoms with Crippen molar-refractivity contribution in [2.45, 2.75) is 31.9 Å². The zero-order valence-electron chi connectivity index (χ0n) is 6.71. The molecule has 1 N–H and O–H groups in total. The minimum absolute atomic E-state index is 0.00579. The fourth-order valence-corrected chi connectivity index (χ4v) is 0.824. The van der Waals surface area contributed by atoms with Gasteiger partial charge < -0.3 is 14.6 Å². The van der Waals surface area contributed by atoms with Crippen LogP contribution in [0.25, 0.3) is 0 Å². The van der Waals surface area contributed by atoms with Gasteiger partial charge in [0.15, 0.2) is 12.0 Å². The van der Waals surface area contributed by atoms with Crippen LogP contribution in [0.4, 0.5) is 4.39 Å². The number of hydrogen-bond donors (Lipinski definition) is 1. The Morgan fingerprint density at radius 1 is 1.36 bits per heavy atom. The highest BCUT2D eigenvalue weighted by atomic mass is 19.1. The van der Waals surface area contributed by atoms with Gasteiger partial charge in [-0.3, -0.25) is 0 Å². The molecule has 4 heteroatoms. The largest absolute Gasteiger partial charge is 0.388 e. The fraction of sp³-hybridized carbons (Fsp3) is 1.00. The molecule has 0 amide bonds. The van der Waals surface area contributed by atoms with E-state index < -0.39 is 18.1 Å². The molecule has 0 unspecified atom stereocenters. The van der Waals surface area contributed by atoms with Gasteiger partial charge >= 0.3 is 0 Å². The van der Waals surface area contributed by atoms with Crippen molar-refractivity contribution in [3.63, 3.8) is 0 Å². The van der Waals surface area contributed by atoms with Crippen LogP contribution in [0, 0.1) is 0 Å². The fourth-order valence-electron chi connectivity index (χ4n) is 0.824. The summed E-state index contributed by atoms with van der Waals surface area (Å²) in [4.78, 5) is 0. The maximum atomic E-state index is 12.7. The molecule has 0 aromatic heterocycles. The average Bonchev–Trinajstić information content (AvgIpc) is 2.03. The molecule has 1 aliphatic rings. The number of hydrogen-bond acceptors (Lipinski definition) is 3. The van der Waals surface area contributed by atoms with E-state index in [1.54, 1.807) is 13.8 Å². The Hall–Kier alpha value is -0.190. The number of halogens is 1. The SMILES string of the molecule is CC1(C)OC[C@H](O)[C@@H](F)CO1. The number of ether oxygens (including phenoxy) is 2. The van der Waals surface area contributed by atoms with Crippen molar-refractivity contribution in [1.82, 2.24) is 0 Å². The quantitative estimate of drug-likeness (QED) is 0.565. The molecule has 1 fully saturated rings. The van der Waals surface area contributed by atoms with Crippen molar-refractivity contribution in [3.8, 4) is 0 Å². The molecule has 2 atom stereocenters. The molecule has 11 heavy (non-hydrogen) atoms. The van der Waals surface area contributed by atoms with Gasteiger partial charge in [-0.1, -0.05) is 0 Å². The molecule has 3 nitrogen and oxygen atoms in total. The Bertz CT molecular complexity index is 124. The van der Waals surface area contributed by atoms with E-state index in [0.29, 0.717) is 0 Å². The van der Waals surface area contributed by atoms with Crippen molar-refractivity contribution < 1.29 is 19.0 Å². The first kappa shape index (κ1) is 8.90. The Balaban J connectivity index is 2.51. The van der Waals surface area contributed by atoms with Crippen LogP contribution < -0.4 is 0 Å². The van der Waals surface area contributed by atoms with E-state index in [1.807, 2.05) is 0 Å². The summed E-state index contributed by atoms with van der Waals surface area (Å²) in [6.07, 6.45) is -2.39. The van der Waals surface area contributed by atoms with Crippen LogP contribution in [-0.4, -0.2) is 36.4 Å². The van der Waals surface area contributed by atoms with E-state index >= 15 is 0 Å². The molecular weight excluding hydrogens is 151 g/mol. The van der Waals surface area contributed by atoms with E-state index in [4.69, 9.17) is 14.6 Å². The monoisotopic (exact) mass is 164 g/mol. The highest BCUT2D eigenvalue weighted by Gasteiger charge is 2.30. The van der Waals surface area contributed by atoms with Gasteiger partial charge in [0.2, 0.25) is 0 Å². The molecular formula is C7H13FO3. The lowest BCUT2D eigenvalue weighted by molar-refractivity contribution is -0.204. The molecule has 1 saturated heterocycles. The van der Waals surface area contributed by atoms with Crippen LogP contribution in [0.3, 0.4) is 0 Å². The van der Waals surface area contributed by atoms with Crippen LogP contribution in [0.15, 0.2) is 0 Å². The van der Waals surface area contributed by atoms with Crippen molar-refractivity contribution in [3.05, 3.63) is 0 Å². The summed E-state index contributed by atoms with van der Waals surface area (Å²) in [6.45, 7) is 3.28. The van der Waals surface area contributed by atoms with Gasteiger partial charge in [-0.05, 0) is 13.8 Å². The predicted octanol–water partition coefficient (Wildman–Crippen LogP) is 0.468. The number of alkyl halides is 1. The summed E-state index contributed by atoms with van der Waals surface area (Å²) in [7, 11) is 0. The van der Waals surface area contributed by atoms with Crippen molar-refractivity contribution in [2.24, 2.45) is 0 Å². The molecule has 1 rings (SSSR count). The zero-order valence-corrected chi connectivity index (χ0v) is 6.71. The molecule has 1 heterocycles. The van der Waals surface area contributed by atoms with Crippen LogP contribution in [0.2, 0.25) is 0 Å². The summed E-state index contributed by atoms with van der Waals surface area (Å²) in [5.74, 6) is -0.776. The molecule has 0 spiro atoms. The van der Waals surface area contributed by atoms with E-state index in [0.717, 1.165) is 0 Å². The van der Waals surface area contributed by atoms with E-state index in [1.165, 1.54) is 0 Å². The summed E-state index contributed by atoms with van der Waals surface area (Å²) in [6, 6.07) is 0. The minimum atomic E-state index is -1.34. The Morgan fingerprint density at radius 2 is 1.91 bits per heavy atom. The Labute approximate surface area is 65.1 Å². The van der Waals surface area contributed by atoms with Crippen LogP contribution in [0.5, 0.6) is 0 Å². The number of aliphatic hydroxyl groups is 1. The highest BCUT2D eigenvalue weighted by Crippen LogP contribution is 2.18. The molecule has 0 bridgehead atoms. The second-order valence-corrected chi connectivity index (χ2v) is 3.11. The normalized spacial score (nSPS) is 38.2. The third-order valence-electron chi connectivity index (χ3n) is 1.61. The van der Waals surface area contributed by atoms with E-state index in [9.17, 15) is 4.39 Å². The summed E-state index contributed by atoms with van der Waals surface area (Å²) in [5.41, 5.74) is 0. The molecule has 0 aliphatic carbocycles. The maximum Gasteiger partial charge on any atom is 0.163 e. The molecule has 1 aliphatic heterocycles. The zero-order chi connectivity index (χ0) is 8.48. The van der Waals surface area contributed by atoms with Gasteiger partial charge in [-0.2, -0.15) is 0 Å². The van der Waals surface area contributed by atoms with Crippen molar-refractivity contribution in [1.29, 1.82) is 0 Å². The third-order valence-corrected chi connectivity index (χ3v) is 1.61. The summed E-state index contributed by atoms with van der Waals surface area (Å²) >= 11 is 0. The molecule has 0 saturated carbocycles. The second kappa shape index (κ2) is 3.05. The Kier molecular flexibility index (Phi) is 2.47. The summed E-state index contributed by atoms with van der Waals surface area (Å²) < 4.78 is 22.8. The minimum Gasteiger partial charge on any atom is -0.388 e. The summed E-state index contributed by atoms with van der Waals surface area (Å²) in [5, 5.41) is 9.01. The van der Waals surface area contributed by atoms with Crippen LogP contribution in [-0.2, 0) is 9.47 Å². The maximum absolute atomic E-state index is 12.7.